The van der Waals surface area contributed by atoms with Crippen molar-refractivity contribution in [2.45, 2.75) is 25.8 Å². The van der Waals surface area contributed by atoms with Crippen molar-refractivity contribution in [1.82, 2.24) is 0 Å². The van der Waals surface area contributed by atoms with Gasteiger partial charge in [0.25, 0.3) is 5.91 Å². The van der Waals surface area contributed by atoms with Crippen molar-refractivity contribution < 1.29 is 4.79 Å². The smallest absolute Gasteiger partial charge is 0.251 e. The summed E-state index contributed by atoms with van der Waals surface area (Å²) in [6, 6.07) is 13.8. The van der Waals surface area contributed by atoms with Crippen molar-refractivity contribution in [3.05, 3.63) is 58.1 Å². The Morgan fingerprint density at radius 3 is 2.76 bits per heavy atom. The summed E-state index contributed by atoms with van der Waals surface area (Å²) >= 11 is 3.43. The summed E-state index contributed by atoms with van der Waals surface area (Å²) in [5, 5.41) is 6.25. The van der Waals surface area contributed by atoms with Crippen molar-refractivity contribution in [2.24, 2.45) is 0 Å². The molecule has 1 heterocycles. The van der Waals surface area contributed by atoms with Gasteiger partial charge in [0.05, 0.1) is 0 Å². The minimum Gasteiger partial charge on any atom is -0.370 e. The van der Waals surface area contributed by atoms with Gasteiger partial charge in [-0.3, -0.25) is 4.79 Å². The normalized spacial score (nSPS) is 16.8. The van der Waals surface area contributed by atoms with Crippen molar-refractivity contribution in [3.8, 4) is 0 Å². The Labute approximate surface area is 132 Å². The van der Waals surface area contributed by atoms with E-state index in [1.807, 2.05) is 30.3 Å². The van der Waals surface area contributed by atoms with Gasteiger partial charge in [-0.05, 0) is 35.7 Å². The molecule has 0 saturated carbocycles. The maximum atomic E-state index is 12.2. The fourth-order valence-electron chi connectivity index (χ4n) is 2.53. The first kappa shape index (κ1) is 14.1. The van der Waals surface area contributed by atoms with Crippen LogP contribution in [-0.4, -0.2) is 5.91 Å². The maximum absolute atomic E-state index is 12.2. The van der Waals surface area contributed by atoms with E-state index in [0.29, 0.717) is 5.92 Å². The summed E-state index contributed by atoms with van der Waals surface area (Å²) in [6.45, 7) is 4.32. The zero-order valence-electron chi connectivity index (χ0n) is 12.0. The molecule has 0 aliphatic carbocycles. The summed E-state index contributed by atoms with van der Waals surface area (Å²) in [6.07, 6.45) is 0. The molecule has 3 rings (SSSR count). The third-order valence-corrected chi connectivity index (χ3v) is 4.20. The molecule has 0 aromatic heterocycles. The molecule has 0 bridgehead atoms. The highest BCUT2D eigenvalue weighted by Gasteiger charge is 2.30. The lowest BCUT2D eigenvalue weighted by Gasteiger charge is -2.15. The van der Waals surface area contributed by atoms with E-state index in [1.54, 1.807) is 0 Å². The lowest BCUT2D eigenvalue weighted by atomic mass is 10.0. The molecule has 1 amide bonds. The molecule has 4 heteroatoms. The molecule has 2 aromatic rings. The third kappa shape index (κ3) is 2.81. The maximum Gasteiger partial charge on any atom is 0.251 e. The van der Waals surface area contributed by atoms with Crippen LogP contribution in [0.2, 0.25) is 0 Å². The van der Waals surface area contributed by atoms with Gasteiger partial charge < -0.3 is 10.6 Å². The average molecular weight is 345 g/mol. The number of fused-ring (bicyclic) bond motifs is 1. The number of rotatable bonds is 3. The van der Waals surface area contributed by atoms with Crippen LogP contribution < -0.4 is 10.6 Å². The molecule has 2 N–H and O–H groups in total. The molecule has 1 aliphatic heterocycles. The first-order chi connectivity index (χ1) is 10.0. The molecule has 0 radical (unpaired) electrons. The second kappa shape index (κ2) is 5.53. The molecule has 2 aromatic carbocycles. The van der Waals surface area contributed by atoms with Crippen LogP contribution in [0.4, 0.5) is 11.4 Å². The van der Waals surface area contributed by atoms with Crippen LogP contribution in [0.3, 0.4) is 0 Å². The van der Waals surface area contributed by atoms with Crippen LogP contribution >= 0.6 is 15.9 Å². The Bertz CT molecular complexity index is 697. The molecule has 3 nitrogen and oxygen atoms in total. The monoisotopic (exact) mass is 344 g/mol. The van der Waals surface area contributed by atoms with E-state index in [2.05, 4.69) is 52.5 Å². The molecule has 1 aliphatic rings. The van der Waals surface area contributed by atoms with Crippen molar-refractivity contribution >= 4 is 33.2 Å². The zero-order valence-corrected chi connectivity index (χ0v) is 13.6. The number of hydrogen-bond donors (Lipinski definition) is 2. The Balaban J connectivity index is 1.89. The molecule has 1 atom stereocenters. The van der Waals surface area contributed by atoms with Crippen LogP contribution in [0, 0.1) is 0 Å². The Kier molecular flexibility index (Phi) is 3.72. The van der Waals surface area contributed by atoms with E-state index in [4.69, 9.17) is 0 Å². The van der Waals surface area contributed by atoms with E-state index in [9.17, 15) is 4.79 Å². The van der Waals surface area contributed by atoms with Crippen LogP contribution in [0.1, 0.15) is 36.9 Å². The summed E-state index contributed by atoms with van der Waals surface area (Å²) < 4.78 is 0.962. The summed E-state index contributed by atoms with van der Waals surface area (Å²) in [5.41, 5.74) is 4.08. The van der Waals surface area contributed by atoms with Gasteiger partial charge in [0, 0.05) is 21.4 Å². The number of carbonyl (C=O) groups is 1. The zero-order chi connectivity index (χ0) is 15.0. The quantitative estimate of drug-likeness (QED) is 0.848. The summed E-state index contributed by atoms with van der Waals surface area (Å²) in [5.74, 6) is 0.449. The van der Waals surface area contributed by atoms with Gasteiger partial charge in [-0.2, -0.15) is 0 Å². The lowest BCUT2D eigenvalue weighted by molar-refractivity contribution is -0.116. The highest BCUT2D eigenvalue weighted by atomic mass is 79.9. The molecule has 0 saturated heterocycles. The number of amides is 1. The molecule has 1 unspecified atom stereocenters. The van der Waals surface area contributed by atoms with Gasteiger partial charge in [-0.15, -0.1) is 0 Å². The predicted molar refractivity (Wildman–Crippen MR) is 89.7 cm³/mol. The van der Waals surface area contributed by atoms with Crippen LogP contribution in [-0.2, 0) is 4.79 Å². The van der Waals surface area contributed by atoms with Gasteiger partial charge in [0.2, 0.25) is 0 Å². The lowest BCUT2D eigenvalue weighted by Crippen LogP contribution is -2.19. The second-order valence-electron chi connectivity index (χ2n) is 5.58. The second-order valence-corrected chi connectivity index (χ2v) is 6.49. The van der Waals surface area contributed by atoms with Gasteiger partial charge in [-0.25, -0.2) is 0 Å². The van der Waals surface area contributed by atoms with Crippen molar-refractivity contribution in [1.29, 1.82) is 0 Å². The standard InChI is InChI=1S/C17H17BrN2O/c1-10(2)11-4-3-5-13(8-11)19-16-14-7-6-12(18)9-15(14)20-17(16)21/h3-10,16,19H,1-2H3,(H,20,21). The molecule has 0 fully saturated rings. The van der Waals surface area contributed by atoms with E-state index in [1.165, 1.54) is 5.56 Å². The highest BCUT2D eigenvalue weighted by Crippen LogP contribution is 2.35. The Morgan fingerprint density at radius 1 is 1.19 bits per heavy atom. The van der Waals surface area contributed by atoms with Crippen molar-refractivity contribution in [3.63, 3.8) is 0 Å². The van der Waals surface area contributed by atoms with E-state index in [-0.39, 0.29) is 11.9 Å². The summed E-state index contributed by atoms with van der Waals surface area (Å²) in [4.78, 5) is 12.2. The third-order valence-electron chi connectivity index (χ3n) is 3.71. The minimum absolute atomic E-state index is 0.0157. The molecule has 108 valence electrons. The first-order valence-electron chi connectivity index (χ1n) is 7.01. The molecular weight excluding hydrogens is 328 g/mol. The van der Waals surface area contributed by atoms with Gasteiger partial charge in [-0.1, -0.05) is 48.0 Å². The van der Waals surface area contributed by atoms with Crippen LogP contribution in [0.5, 0.6) is 0 Å². The fourth-order valence-corrected chi connectivity index (χ4v) is 2.89. The highest BCUT2D eigenvalue weighted by molar-refractivity contribution is 9.10. The number of nitrogens with one attached hydrogen (secondary N) is 2. The molecule has 21 heavy (non-hydrogen) atoms. The van der Waals surface area contributed by atoms with Gasteiger partial charge in [0.1, 0.15) is 6.04 Å². The van der Waals surface area contributed by atoms with E-state index in [0.717, 1.165) is 21.4 Å². The topological polar surface area (TPSA) is 41.1 Å². The first-order valence-corrected chi connectivity index (χ1v) is 7.80. The number of hydrogen-bond acceptors (Lipinski definition) is 2. The van der Waals surface area contributed by atoms with Crippen LogP contribution in [0.15, 0.2) is 46.9 Å². The minimum atomic E-state index is -0.337. The number of halogens is 1. The van der Waals surface area contributed by atoms with E-state index >= 15 is 0 Å². The van der Waals surface area contributed by atoms with Gasteiger partial charge >= 0.3 is 0 Å². The largest absolute Gasteiger partial charge is 0.370 e. The average Bonchev–Trinajstić information content (AvgIpc) is 2.74. The molecular formula is C17H17BrN2O. The molecule has 0 spiro atoms. The van der Waals surface area contributed by atoms with Crippen LogP contribution in [0.25, 0.3) is 0 Å². The van der Waals surface area contributed by atoms with E-state index < -0.39 is 0 Å². The predicted octanol–water partition coefficient (Wildman–Crippen LogP) is 4.68. The fraction of sp³-hybridized carbons (Fsp3) is 0.235. The van der Waals surface area contributed by atoms with Crippen molar-refractivity contribution in [2.75, 3.05) is 10.6 Å². The Hall–Kier alpha value is -1.81. The number of anilines is 2. The SMILES string of the molecule is CC(C)c1cccc(NC2C(=O)Nc3cc(Br)ccc32)c1. The Morgan fingerprint density at radius 2 is 2.00 bits per heavy atom. The number of benzene rings is 2. The van der Waals surface area contributed by atoms with Gasteiger partial charge in [0.15, 0.2) is 0 Å². The summed E-state index contributed by atoms with van der Waals surface area (Å²) in [7, 11) is 0. The number of carbonyl (C=O) groups excluding carboxylic acids is 1.